The average Bonchev–Trinajstić information content (AvgIpc) is 2.06. The molecule has 1 saturated heterocycles. The summed E-state index contributed by atoms with van der Waals surface area (Å²) in [5.74, 6) is -0.433. The van der Waals surface area contributed by atoms with Crippen molar-refractivity contribution in [2.24, 2.45) is 0 Å². The minimum Gasteiger partial charge on any atom is -0.460 e. The molecule has 5 heteroatoms. The standard InChI is InChI=1S/C6H10O4.CH4O/c7-3-5-1-4(8)2-6(9)10-5;1-2/h4-5,7-8H,1-3H2;2H,1H3. The first-order valence-electron chi connectivity index (χ1n) is 3.65. The molecule has 3 N–H and O–H groups in total. The van der Waals surface area contributed by atoms with Crippen LogP contribution in [0.1, 0.15) is 12.8 Å². The third kappa shape index (κ3) is 3.66. The summed E-state index contributed by atoms with van der Waals surface area (Å²) >= 11 is 0. The fraction of sp³-hybridized carbons (Fsp3) is 0.857. The Kier molecular flexibility index (Phi) is 5.61. The first-order valence-corrected chi connectivity index (χ1v) is 3.65. The van der Waals surface area contributed by atoms with E-state index in [9.17, 15) is 4.79 Å². The Hall–Kier alpha value is -0.650. The highest BCUT2D eigenvalue weighted by molar-refractivity contribution is 5.70. The molecule has 2 atom stereocenters. The molecule has 1 fully saturated rings. The van der Waals surface area contributed by atoms with Gasteiger partial charge in [-0.3, -0.25) is 4.79 Å². The van der Waals surface area contributed by atoms with Gasteiger partial charge in [0.2, 0.25) is 0 Å². The second kappa shape index (κ2) is 5.93. The summed E-state index contributed by atoms with van der Waals surface area (Å²) in [4.78, 5) is 10.5. The van der Waals surface area contributed by atoms with E-state index in [-0.39, 0.29) is 13.0 Å². The Morgan fingerprint density at radius 2 is 2.17 bits per heavy atom. The number of rotatable bonds is 1. The van der Waals surface area contributed by atoms with E-state index in [2.05, 4.69) is 4.74 Å². The number of cyclic esters (lactones) is 1. The van der Waals surface area contributed by atoms with Gasteiger partial charge in [0, 0.05) is 13.5 Å². The lowest BCUT2D eigenvalue weighted by atomic mass is 10.1. The predicted molar refractivity (Wildman–Crippen MR) is 40.3 cm³/mol. The lowest BCUT2D eigenvalue weighted by Gasteiger charge is -2.23. The van der Waals surface area contributed by atoms with E-state index < -0.39 is 18.2 Å². The Balaban J connectivity index is 0.000000561. The molecule has 0 aliphatic carbocycles. The SMILES string of the molecule is CO.O=C1CC(O)CC(CO)O1. The zero-order valence-corrected chi connectivity index (χ0v) is 6.93. The van der Waals surface area contributed by atoms with Crippen molar-refractivity contribution < 1.29 is 24.9 Å². The van der Waals surface area contributed by atoms with Crippen LogP contribution in [0.4, 0.5) is 0 Å². The van der Waals surface area contributed by atoms with Gasteiger partial charge in [-0.2, -0.15) is 0 Å². The first kappa shape index (κ1) is 11.4. The van der Waals surface area contributed by atoms with E-state index in [1.807, 2.05) is 0 Å². The highest BCUT2D eigenvalue weighted by Crippen LogP contribution is 2.13. The van der Waals surface area contributed by atoms with E-state index in [4.69, 9.17) is 15.3 Å². The van der Waals surface area contributed by atoms with Crippen molar-refractivity contribution in [3.8, 4) is 0 Å². The lowest BCUT2D eigenvalue weighted by molar-refractivity contribution is -0.162. The second-order valence-electron chi connectivity index (χ2n) is 2.39. The lowest BCUT2D eigenvalue weighted by Crippen LogP contribution is -2.34. The van der Waals surface area contributed by atoms with E-state index in [1.165, 1.54) is 0 Å². The van der Waals surface area contributed by atoms with Crippen LogP contribution < -0.4 is 0 Å². The van der Waals surface area contributed by atoms with Crippen LogP contribution in [0, 0.1) is 0 Å². The normalized spacial score (nSPS) is 28.5. The molecule has 1 aliphatic rings. The molecule has 0 saturated carbocycles. The Bertz CT molecular complexity index is 136. The minimum absolute atomic E-state index is 0.0521. The van der Waals surface area contributed by atoms with Crippen LogP contribution in [-0.4, -0.2) is 47.2 Å². The maximum absolute atomic E-state index is 10.5. The Morgan fingerprint density at radius 1 is 1.58 bits per heavy atom. The molecule has 0 bridgehead atoms. The van der Waals surface area contributed by atoms with Crippen LogP contribution >= 0.6 is 0 Å². The van der Waals surface area contributed by atoms with Crippen molar-refractivity contribution in [2.75, 3.05) is 13.7 Å². The van der Waals surface area contributed by atoms with E-state index in [0.717, 1.165) is 7.11 Å². The van der Waals surface area contributed by atoms with E-state index in [0.29, 0.717) is 6.42 Å². The van der Waals surface area contributed by atoms with Crippen LogP contribution in [0.3, 0.4) is 0 Å². The number of carbonyl (C=O) groups excluding carboxylic acids is 1. The molecule has 0 radical (unpaired) electrons. The first-order chi connectivity index (χ1) is 5.72. The topological polar surface area (TPSA) is 87.0 Å². The summed E-state index contributed by atoms with van der Waals surface area (Å²) in [5, 5.41) is 24.5. The summed E-state index contributed by atoms with van der Waals surface area (Å²) in [5.41, 5.74) is 0. The van der Waals surface area contributed by atoms with Crippen LogP contribution in [0.2, 0.25) is 0 Å². The summed E-state index contributed by atoms with van der Waals surface area (Å²) < 4.78 is 4.66. The van der Waals surface area contributed by atoms with Gasteiger partial charge in [-0.05, 0) is 0 Å². The molecule has 5 nitrogen and oxygen atoms in total. The van der Waals surface area contributed by atoms with Gasteiger partial charge < -0.3 is 20.1 Å². The molecular formula is C7H14O5. The van der Waals surface area contributed by atoms with Crippen molar-refractivity contribution in [2.45, 2.75) is 25.0 Å². The van der Waals surface area contributed by atoms with E-state index in [1.54, 1.807) is 0 Å². The molecular weight excluding hydrogens is 164 g/mol. The molecule has 0 spiro atoms. The Morgan fingerprint density at radius 3 is 2.58 bits per heavy atom. The van der Waals surface area contributed by atoms with E-state index >= 15 is 0 Å². The van der Waals surface area contributed by atoms with Gasteiger partial charge in [0.15, 0.2) is 0 Å². The summed E-state index contributed by atoms with van der Waals surface area (Å²) in [6.45, 7) is -0.206. The quantitative estimate of drug-likeness (QED) is 0.432. The molecule has 0 amide bonds. The Labute approximate surface area is 70.6 Å². The molecule has 0 aromatic carbocycles. The van der Waals surface area contributed by atoms with Gasteiger partial charge in [0.1, 0.15) is 6.10 Å². The maximum atomic E-state index is 10.5. The third-order valence-electron chi connectivity index (χ3n) is 1.44. The monoisotopic (exact) mass is 178 g/mol. The van der Waals surface area contributed by atoms with Crippen LogP contribution in [0.25, 0.3) is 0 Å². The fourth-order valence-corrected chi connectivity index (χ4v) is 0.973. The zero-order chi connectivity index (χ0) is 9.56. The van der Waals surface area contributed by atoms with Crippen molar-refractivity contribution >= 4 is 5.97 Å². The number of hydrogen-bond donors (Lipinski definition) is 3. The molecule has 0 aromatic heterocycles. The third-order valence-corrected chi connectivity index (χ3v) is 1.44. The number of ether oxygens (including phenoxy) is 1. The number of esters is 1. The average molecular weight is 178 g/mol. The fourth-order valence-electron chi connectivity index (χ4n) is 0.973. The van der Waals surface area contributed by atoms with Crippen molar-refractivity contribution in [3.05, 3.63) is 0 Å². The van der Waals surface area contributed by atoms with Gasteiger partial charge in [0.05, 0.1) is 19.1 Å². The number of aliphatic hydroxyl groups is 3. The summed E-state index contributed by atoms with van der Waals surface area (Å²) in [7, 11) is 1.00. The molecule has 72 valence electrons. The van der Waals surface area contributed by atoms with Gasteiger partial charge in [0.25, 0.3) is 0 Å². The molecule has 2 unspecified atom stereocenters. The second-order valence-corrected chi connectivity index (χ2v) is 2.39. The smallest absolute Gasteiger partial charge is 0.308 e. The van der Waals surface area contributed by atoms with Gasteiger partial charge in [-0.15, -0.1) is 0 Å². The predicted octanol–water partition coefficient (Wildman–Crippen LogP) is -1.35. The molecule has 1 heterocycles. The van der Waals surface area contributed by atoms with Crippen molar-refractivity contribution in [3.63, 3.8) is 0 Å². The molecule has 12 heavy (non-hydrogen) atoms. The van der Waals surface area contributed by atoms with Crippen molar-refractivity contribution in [1.82, 2.24) is 0 Å². The van der Waals surface area contributed by atoms with Gasteiger partial charge in [-0.1, -0.05) is 0 Å². The van der Waals surface area contributed by atoms with Gasteiger partial charge >= 0.3 is 5.97 Å². The van der Waals surface area contributed by atoms with Gasteiger partial charge in [-0.25, -0.2) is 0 Å². The molecule has 1 aliphatic heterocycles. The summed E-state index contributed by atoms with van der Waals surface area (Å²) in [6.07, 6.45) is -0.742. The molecule has 1 rings (SSSR count). The molecule has 0 aromatic rings. The maximum Gasteiger partial charge on any atom is 0.308 e. The number of hydrogen-bond acceptors (Lipinski definition) is 5. The van der Waals surface area contributed by atoms with Crippen LogP contribution in [-0.2, 0) is 9.53 Å². The highest BCUT2D eigenvalue weighted by atomic mass is 16.6. The zero-order valence-electron chi connectivity index (χ0n) is 6.93. The number of aliphatic hydroxyl groups excluding tert-OH is 3. The van der Waals surface area contributed by atoms with Crippen molar-refractivity contribution in [1.29, 1.82) is 0 Å². The summed E-state index contributed by atoms with van der Waals surface area (Å²) in [6, 6.07) is 0. The van der Waals surface area contributed by atoms with Crippen LogP contribution in [0.5, 0.6) is 0 Å². The minimum atomic E-state index is -0.640. The number of carbonyl (C=O) groups is 1. The van der Waals surface area contributed by atoms with Crippen LogP contribution in [0.15, 0.2) is 0 Å². The highest BCUT2D eigenvalue weighted by Gasteiger charge is 2.26. The largest absolute Gasteiger partial charge is 0.460 e.